The lowest BCUT2D eigenvalue weighted by atomic mass is 10.1. The Labute approximate surface area is 161 Å². The number of hydrogen-bond acceptors (Lipinski definition) is 2. The van der Waals surface area contributed by atoms with Crippen LogP contribution in [0.1, 0.15) is 23.5 Å². The lowest BCUT2D eigenvalue weighted by Gasteiger charge is -2.12. The fourth-order valence-electron chi connectivity index (χ4n) is 2.49. The van der Waals surface area contributed by atoms with Gasteiger partial charge in [0.2, 0.25) is 0 Å². The molecule has 1 aliphatic rings. The number of halogens is 3. The van der Waals surface area contributed by atoms with Crippen LogP contribution in [0, 0.1) is 5.82 Å². The largest absolute Gasteiger partial charge is 0.353 e. The molecule has 3 nitrogen and oxygen atoms in total. The summed E-state index contributed by atoms with van der Waals surface area (Å²) in [5.74, 6) is 0.600. The topological polar surface area (TPSA) is 36.4 Å². The lowest BCUT2D eigenvalue weighted by Crippen LogP contribution is -2.38. The molecule has 2 atom stereocenters. The second-order valence-corrected chi connectivity index (χ2v) is 6.47. The van der Waals surface area contributed by atoms with E-state index in [0.717, 1.165) is 18.9 Å². The van der Waals surface area contributed by atoms with Gasteiger partial charge in [0.25, 0.3) is 0 Å². The number of rotatable bonds is 4. The van der Waals surface area contributed by atoms with Crippen molar-refractivity contribution in [3.05, 3.63) is 57.0 Å². The highest BCUT2D eigenvalue weighted by molar-refractivity contribution is 14.0. The third-order valence-corrected chi connectivity index (χ3v) is 4.81. The van der Waals surface area contributed by atoms with Crippen molar-refractivity contribution in [2.75, 3.05) is 7.05 Å². The van der Waals surface area contributed by atoms with Gasteiger partial charge in [0.05, 0.1) is 0 Å². The van der Waals surface area contributed by atoms with Crippen molar-refractivity contribution >= 4 is 52.9 Å². The van der Waals surface area contributed by atoms with Crippen LogP contribution in [-0.4, -0.2) is 19.0 Å². The Balaban J connectivity index is 0.00000192. The first kappa shape index (κ1) is 18.5. The van der Waals surface area contributed by atoms with E-state index in [1.54, 1.807) is 30.5 Å². The number of aliphatic imine (C=N–C) groups is 1. The van der Waals surface area contributed by atoms with Crippen molar-refractivity contribution in [3.63, 3.8) is 0 Å². The Morgan fingerprint density at radius 2 is 2.26 bits per heavy atom. The minimum absolute atomic E-state index is 0. The maximum absolute atomic E-state index is 13.9. The second kappa shape index (κ2) is 8.30. The lowest BCUT2D eigenvalue weighted by molar-refractivity contribution is 0.608. The first-order chi connectivity index (χ1) is 10.7. The molecule has 1 saturated carbocycles. The van der Waals surface area contributed by atoms with Gasteiger partial charge in [0.1, 0.15) is 5.82 Å². The van der Waals surface area contributed by atoms with E-state index in [2.05, 4.69) is 27.1 Å². The summed E-state index contributed by atoms with van der Waals surface area (Å²) >= 11 is 7.79. The Kier molecular flexibility index (Phi) is 6.67. The Bertz CT molecular complexity index is 658. The average Bonchev–Trinajstić information content (AvgIpc) is 3.04. The molecule has 2 N–H and O–H groups in total. The third kappa shape index (κ3) is 4.58. The SMILES string of the molecule is CN=C(NCc1ccsc1)NC1CC1c1c(F)cccc1Cl.I. The standard InChI is InChI=1S/C16H17ClFN3S.HI/c1-19-16(20-8-10-5-6-22-9-10)21-14-7-11(14)15-12(17)3-2-4-13(15)18;/h2-6,9,11,14H,7-8H2,1H3,(H2,19,20,21);1H. The van der Waals surface area contributed by atoms with Gasteiger partial charge in [-0.2, -0.15) is 11.3 Å². The van der Waals surface area contributed by atoms with Gasteiger partial charge in [-0.05, 0) is 40.9 Å². The molecule has 1 fully saturated rings. The average molecular weight is 466 g/mol. The van der Waals surface area contributed by atoms with E-state index >= 15 is 0 Å². The summed E-state index contributed by atoms with van der Waals surface area (Å²) in [5, 5.41) is 11.2. The number of nitrogens with one attached hydrogen (secondary N) is 2. The van der Waals surface area contributed by atoms with Gasteiger partial charge in [0.15, 0.2) is 5.96 Å². The highest BCUT2D eigenvalue weighted by atomic mass is 127. The first-order valence-corrected chi connectivity index (χ1v) is 8.43. The van der Waals surface area contributed by atoms with Crippen molar-refractivity contribution in [2.24, 2.45) is 4.99 Å². The zero-order chi connectivity index (χ0) is 15.5. The van der Waals surface area contributed by atoms with Crippen molar-refractivity contribution < 1.29 is 4.39 Å². The molecule has 23 heavy (non-hydrogen) atoms. The van der Waals surface area contributed by atoms with Crippen LogP contribution in [0.25, 0.3) is 0 Å². The van der Waals surface area contributed by atoms with Crippen LogP contribution in [0.4, 0.5) is 4.39 Å². The van der Waals surface area contributed by atoms with E-state index < -0.39 is 0 Å². The molecule has 1 aromatic heterocycles. The van der Waals surface area contributed by atoms with E-state index in [-0.39, 0.29) is 41.8 Å². The van der Waals surface area contributed by atoms with E-state index in [9.17, 15) is 4.39 Å². The van der Waals surface area contributed by atoms with E-state index in [4.69, 9.17) is 11.6 Å². The van der Waals surface area contributed by atoms with Crippen LogP contribution in [-0.2, 0) is 6.54 Å². The molecule has 1 aliphatic carbocycles. The summed E-state index contributed by atoms with van der Waals surface area (Å²) < 4.78 is 13.9. The molecule has 0 aliphatic heterocycles. The van der Waals surface area contributed by atoms with Crippen LogP contribution in [0.5, 0.6) is 0 Å². The number of benzene rings is 1. The summed E-state index contributed by atoms with van der Waals surface area (Å²) in [7, 11) is 1.73. The van der Waals surface area contributed by atoms with Crippen LogP contribution in [0.2, 0.25) is 5.02 Å². The van der Waals surface area contributed by atoms with Gasteiger partial charge in [-0.3, -0.25) is 4.99 Å². The van der Waals surface area contributed by atoms with Crippen molar-refractivity contribution in [2.45, 2.75) is 24.9 Å². The zero-order valence-corrected chi connectivity index (χ0v) is 16.5. The quantitative estimate of drug-likeness (QED) is 0.399. The van der Waals surface area contributed by atoms with Crippen LogP contribution >= 0.6 is 46.9 Å². The van der Waals surface area contributed by atoms with Gasteiger partial charge in [-0.15, -0.1) is 24.0 Å². The smallest absolute Gasteiger partial charge is 0.191 e. The third-order valence-electron chi connectivity index (χ3n) is 3.75. The predicted octanol–water partition coefficient (Wildman–Crippen LogP) is 4.38. The number of guanidine groups is 1. The van der Waals surface area contributed by atoms with Crippen molar-refractivity contribution in [3.8, 4) is 0 Å². The van der Waals surface area contributed by atoms with Gasteiger partial charge in [-0.25, -0.2) is 4.39 Å². The summed E-state index contributed by atoms with van der Waals surface area (Å²) in [6.07, 6.45) is 0.861. The number of hydrogen-bond donors (Lipinski definition) is 2. The van der Waals surface area contributed by atoms with Crippen molar-refractivity contribution in [1.29, 1.82) is 0 Å². The summed E-state index contributed by atoms with van der Waals surface area (Å²) in [6, 6.07) is 7.07. The van der Waals surface area contributed by atoms with Crippen molar-refractivity contribution in [1.82, 2.24) is 10.6 Å². The van der Waals surface area contributed by atoms with Gasteiger partial charge in [0, 0.05) is 36.1 Å². The van der Waals surface area contributed by atoms with Crippen LogP contribution in [0.3, 0.4) is 0 Å². The van der Waals surface area contributed by atoms with Gasteiger partial charge >= 0.3 is 0 Å². The Morgan fingerprint density at radius 1 is 1.43 bits per heavy atom. The molecule has 0 spiro atoms. The second-order valence-electron chi connectivity index (χ2n) is 5.29. The molecule has 2 unspecified atom stereocenters. The molecular formula is C16H18ClFIN3S. The summed E-state index contributed by atoms with van der Waals surface area (Å²) in [4.78, 5) is 4.21. The molecule has 1 heterocycles. The molecule has 0 bridgehead atoms. The summed E-state index contributed by atoms with van der Waals surface area (Å²) in [6.45, 7) is 0.723. The molecule has 2 aromatic rings. The van der Waals surface area contributed by atoms with Gasteiger partial charge in [-0.1, -0.05) is 17.7 Å². The normalized spacial score (nSPS) is 19.9. The van der Waals surface area contributed by atoms with E-state index in [1.807, 2.05) is 5.38 Å². The molecule has 0 radical (unpaired) electrons. The Morgan fingerprint density at radius 3 is 2.91 bits per heavy atom. The monoisotopic (exact) mass is 465 g/mol. The minimum atomic E-state index is -0.233. The van der Waals surface area contributed by atoms with E-state index in [1.165, 1.54) is 11.6 Å². The molecule has 1 aromatic carbocycles. The highest BCUT2D eigenvalue weighted by Gasteiger charge is 2.41. The fourth-order valence-corrected chi connectivity index (χ4v) is 3.46. The maximum Gasteiger partial charge on any atom is 0.191 e. The van der Waals surface area contributed by atoms with E-state index in [0.29, 0.717) is 10.6 Å². The Hall–Kier alpha value is -0.860. The maximum atomic E-state index is 13.9. The fraction of sp³-hybridized carbons (Fsp3) is 0.312. The van der Waals surface area contributed by atoms with Crippen LogP contribution in [0.15, 0.2) is 40.0 Å². The number of nitrogens with zero attached hydrogens (tertiary/aromatic N) is 1. The molecule has 0 amide bonds. The highest BCUT2D eigenvalue weighted by Crippen LogP contribution is 2.44. The number of thiophene rings is 1. The van der Waals surface area contributed by atoms with Gasteiger partial charge < -0.3 is 10.6 Å². The zero-order valence-electron chi connectivity index (χ0n) is 12.6. The molecule has 3 rings (SSSR count). The molecular weight excluding hydrogens is 448 g/mol. The molecule has 0 saturated heterocycles. The summed E-state index contributed by atoms with van der Waals surface area (Å²) in [5.41, 5.74) is 1.83. The molecule has 124 valence electrons. The van der Waals surface area contributed by atoms with Crippen LogP contribution < -0.4 is 10.6 Å². The first-order valence-electron chi connectivity index (χ1n) is 7.11. The molecule has 7 heteroatoms. The minimum Gasteiger partial charge on any atom is -0.353 e. The predicted molar refractivity (Wildman–Crippen MR) is 106 cm³/mol.